The van der Waals surface area contributed by atoms with E-state index in [0.29, 0.717) is 0 Å². The van der Waals surface area contributed by atoms with E-state index < -0.39 is 46.9 Å². The van der Waals surface area contributed by atoms with E-state index in [0.717, 1.165) is 53.7 Å². The van der Waals surface area contributed by atoms with Crippen molar-refractivity contribution in [2.75, 3.05) is 0 Å². The van der Waals surface area contributed by atoms with Crippen molar-refractivity contribution in [1.29, 1.82) is 0 Å². The fourth-order valence-electron chi connectivity index (χ4n) is 14.5. The normalized spacial score (nSPS) is 12.5. The molecule has 3 N–H and O–H groups in total. The first-order valence-electron chi connectivity index (χ1n) is 46.1. The van der Waals surface area contributed by atoms with Crippen LogP contribution in [0.5, 0.6) is 0 Å². The maximum absolute atomic E-state index is 10.7. The topological polar surface area (TPSA) is 193 Å². The standard InChI is InChI=1S/C96H143N7.3CHF3O3S/c1-8-11-14-17-20-23-26-29-32-35-38-41-44-47-74-101-77-68-85(69-78-101)50-54-89-58-59-92(97(89)4)57-53-88-83-95(66-64-93-62-60-90(98(93)5)55-51-86-70-79-102(80-71-86)75-48-45-42-39-36-33-30-27-24-21-18-15-12-9-2)100(7)96(84-88)67-65-94-63-61-91(99(94)6)56-52-87-72-81-103(82-73-87)76-49-46-43-40-37-34-31-28-25-22-19-16-13-10-3;3*2-1(3,4)8(5,6)7/h50-73,77-84H,8-49,74-76H2,1-7H3;3*(H,5,6,7)/q+4;;;. The molecule has 0 aliphatic carbocycles. The van der Waals surface area contributed by atoms with Crippen LogP contribution in [0.4, 0.5) is 39.5 Å². The molecule has 0 spiro atoms. The maximum atomic E-state index is 10.7. The van der Waals surface area contributed by atoms with Crippen LogP contribution in [-0.2, 0) is 78.2 Å². The molecule has 28 heteroatoms. The van der Waals surface area contributed by atoms with E-state index in [1.807, 2.05) is 0 Å². The van der Waals surface area contributed by atoms with Crippen LogP contribution < -0.4 is 18.3 Å². The largest absolute Gasteiger partial charge is 0.522 e. The Morgan fingerprint density at radius 1 is 0.260 bits per heavy atom. The molecule has 7 aromatic rings. The van der Waals surface area contributed by atoms with E-state index in [1.54, 1.807) is 0 Å². The number of nitrogens with zero attached hydrogens (tertiary/aromatic N) is 7. The SMILES string of the molecule is CCCCCCCCCCCCCCCC[n+]1ccc(/C=C/c2ccc(/C=C/c3cc(/C=C/c4ccc(/C=C/c5cc[n+](CCCCCCCCCCCCCCCC)cc5)n4C)[n+](C)c(/C=C/c4ccc(/C=C/c5cc[n+](CCCCCCCCCCCCCCCC)cc5)n4C)c3)n2C)cc1.O=S(=O)(O)C(F)(F)F.O=S(=O)(O)C(F)(F)F.O=S(=O)(O)C(F)(F)F. The lowest BCUT2D eigenvalue weighted by molar-refractivity contribution is -0.697. The van der Waals surface area contributed by atoms with Crippen molar-refractivity contribution in [2.45, 2.75) is 327 Å². The molecule has 127 heavy (non-hydrogen) atoms. The molecule has 7 aromatic heterocycles. The van der Waals surface area contributed by atoms with Gasteiger partial charge >= 0.3 is 46.9 Å². The van der Waals surface area contributed by atoms with Crippen LogP contribution in [0.15, 0.2) is 122 Å². The van der Waals surface area contributed by atoms with E-state index in [1.165, 1.54) is 303 Å². The molecule has 0 radical (unpaired) electrons. The highest BCUT2D eigenvalue weighted by Gasteiger charge is 2.46. The lowest BCUT2D eigenvalue weighted by Crippen LogP contribution is -2.35. The summed E-state index contributed by atoms with van der Waals surface area (Å²) in [5.74, 6) is 0. The van der Waals surface area contributed by atoms with Crippen molar-refractivity contribution < 1.29 is 96.7 Å². The van der Waals surface area contributed by atoms with Crippen LogP contribution in [0, 0.1) is 0 Å². The van der Waals surface area contributed by atoms with Gasteiger partial charge in [0.2, 0.25) is 11.4 Å². The van der Waals surface area contributed by atoms with E-state index >= 15 is 0 Å². The van der Waals surface area contributed by atoms with Gasteiger partial charge in [-0.1, -0.05) is 276 Å². The molecule has 0 saturated carbocycles. The second kappa shape index (κ2) is 61.5. The first-order valence-corrected chi connectivity index (χ1v) is 50.5. The minimum atomic E-state index is -5.84. The summed E-state index contributed by atoms with van der Waals surface area (Å²) < 4.78 is 189. The van der Waals surface area contributed by atoms with Gasteiger partial charge in [0, 0.05) is 135 Å². The van der Waals surface area contributed by atoms with Gasteiger partial charge in [-0.2, -0.15) is 69.3 Å². The van der Waals surface area contributed by atoms with E-state index in [9.17, 15) is 39.5 Å². The average Bonchev–Trinajstić information content (AvgIpc) is 1.80. The van der Waals surface area contributed by atoms with E-state index in [4.69, 9.17) is 38.9 Å². The van der Waals surface area contributed by atoms with Crippen molar-refractivity contribution in [1.82, 2.24) is 13.7 Å². The zero-order valence-electron chi connectivity index (χ0n) is 76.3. The summed E-state index contributed by atoms with van der Waals surface area (Å²) in [5, 5.41) is 0. The summed E-state index contributed by atoms with van der Waals surface area (Å²) in [4.78, 5) is 0. The summed E-state index contributed by atoms with van der Waals surface area (Å²) in [6, 6.07) is 31.5. The van der Waals surface area contributed by atoms with Gasteiger partial charge in [0.25, 0.3) is 0 Å². The highest BCUT2D eigenvalue weighted by atomic mass is 32.2. The van der Waals surface area contributed by atoms with Crippen molar-refractivity contribution in [3.05, 3.63) is 190 Å². The lowest BCUT2D eigenvalue weighted by atomic mass is 10.0. The van der Waals surface area contributed by atoms with E-state index in [2.05, 4.69) is 276 Å². The fraction of sp³-hybridized carbons (Fsp3) is 0.556. The minimum absolute atomic E-state index is 1.09. The van der Waals surface area contributed by atoms with Gasteiger partial charge in [-0.05, 0) is 114 Å². The van der Waals surface area contributed by atoms with Crippen LogP contribution in [0.1, 0.15) is 358 Å². The Morgan fingerprint density at radius 2 is 0.417 bits per heavy atom. The summed E-state index contributed by atoms with van der Waals surface area (Å²) in [7, 11) is -8.83. The second-order valence-corrected chi connectivity index (χ2v) is 37.3. The summed E-state index contributed by atoms with van der Waals surface area (Å²) in [6.45, 7) is 10.2. The third-order valence-electron chi connectivity index (χ3n) is 22.6. The number of hydrogen-bond donors (Lipinski definition) is 3. The number of aryl methyl sites for hydroxylation is 3. The van der Waals surface area contributed by atoms with Crippen molar-refractivity contribution in [3.8, 4) is 0 Å². The molecular weight excluding hydrogens is 1700 g/mol. The Bertz CT molecular complexity index is 4480. The number of aromatic nitrogens is 7. The Labute approximate surface area is 753 Å². The van der Waals surface area contributed by atoms with Gasteiger partial charge in [0.15, 0.2) is 37.2 Å². The van der Waals surface area contributed by atoms with Crippen LogP contribution >= 0.6 is 0 Å². The molecule has 708 valence electrons. The maximum Gasteiger partial charge on any atom is 0.522 e. The van der Waals surface area contributed by atoms with Crippen LogP contribution in [0.2, 0.25) is 0 Å². The Hall–Kier alpha value is -8.02. The van der Waals surface area contributed by atoms with Crippen LogP contribution in [-0.4, -0.2) is 69.1 Å². The molecule has 0 aliphatic rings. The molecule has 0 atom stereocenters. The molecule has 0 fully saturated rings. The number of pyridine rings is 4. The molecule has 0 aliphatic heterocycles. The smallest absolute Gasteiger partial charge is 0.345 e. The predicted molar refractivity (Wildman–Crippen MR) is 501 cm³/mol. The monoisotopic (exact) mass is 1840 g/mol. The minimum Gasteiger partial charge on any atom is -0.345 e. The first-order chi connectivity index (χ1) is 60.5. The highest BCUT2D eigenvalue weighted by Crippen LogP contribution is 2.26. The summed E-state index contributed by atoms with van der Waals surface area (Å²) in [6.07, 6.45) is 99.0. The Morgan fingerprint density at radius 3 is 0.591 bits per heavy atom. The van der Waals surface area contributed by atoms with Crippen LogP contribution in [0.3, 0.4) is 0 Å². The predicted octanol–water partition coefficient (Wildman–Crippen LogP) is 27.0. The van der Waals surface area contributed by atoms with Gasteiger partial charge in [-0.25, -0.2) is 13.7 Å². The summed E-state index contributed by atoms with van der Waals surface area (Å²) in [5.41, 5.74) is -2.62. The van der Waals surface area contributed by atoms with Gasteiger partial charge in [0.05, 0.1) is 0 Å². The highest BCUT2D eigenvalue weighted by molar-refractivity contribution is 7.87. The summed E-state index contributed by atoms with van der Waals surface area (Å²) >= 11 is 0. The third kappa shape index (κ3) is 47.9. The molecule has 0 unspecified atom stereocenters. The van der Waals surface area contributed by atoms with Crippen LogP contribution in [0.25, 0.3) is 72.9 Å². The second-order valence-electron chi connectivity index (χ2n) is 33.1. The van der Waals surface area contributed by atoms with Crippen molar-refractivity contribution >= 4 is 103 Å². The molecule has 7 rings (SSSR count). The molecule has 0 saturated heterocycles. The van der Waals surface area contributed by atoms with Gasteiger partial charge < -0.3 is 13.7 Å². The number of alkyl halides is 9. The molecule has 16 nitrogen and oxygen atoms in total. The molecule has 7 heterocycles. The average molecular weight is 1850 g/mol. The Kier molecular flexibility index (Phi) is 53.9. The molecule has 0 bridgehead atoms. The lowest BCUT2D eigenvalue weighted by Gasteiger charge is -2.05. The number of rotatable bonds is 57. The molecular formula is C99H146F9N7O9S3+4. The quantitative estimate of drug-likeness (QED) is 0.0109. The molecule has 0 amide bonds. The zero-order valence-corrected chi connectivity index (χ0v) is 78.8. The van der Waals surface area contributed by atoms with Gasteiger partial charge in [0.1, 0.15) is 26.7 Å². The first kappa shape index (κ1) is 111. The van der Waals surface area contributed by atoms with Crippen molar-refractivity contribution in [3.63, 3.8) is 0 Å². The van der Waals surface area contributed by atoms with Gasteiger partial charge in [-0.15, -0.1) is 0 Å². The zero-order chi connectivity index (χ0) is 93.4. The Balaban J connectivity index is 0.00000123. The van der Waals surface area contributed by atoms with Crippen molar-refractivity contribution in [2.24, 2.45) is 28.2 Å². The van der Waals surface area contributed by atoms with E-state index in [-0.39, 0.29) is 0 Å². The molecule has 0 aromatic carbocycles. The third-order valence-corrected chi connectivity index (χ3v) is 24.3. The fourth-order valence-corrected chi connectivity index (χ4v) is 14.5. The number of unbranched alkanes of at least 4 members (excludes halogenated alkanes) is 39. The number of hydrogen-bond acceptors (Lipinski definition) is 6. The number of halogens is 9. The van der Waals surface area contributed by atoms with Gasteiger partial charge in [-0.3, -0.25) is 13.7 Å².